The molecule has 0 aliphatic heterocycles. The number of amides is 1. The van der Waals surface area contributed by atoms with Gasteiger partial charge in [-0.05, 0) is 30.3 Å². The fourth-order valence-electron chi connectivity index (χ4n) is 1.67. The summed E-state index contributed by atoms with van der Waals surface area (Å²) in [6, 6.07) is 5.55. The van der Waals surface area contributed by atoms with Gasteiger partial charge in [-0.3, -0.25) is 4.79 Å². The third-order valence-corrected chi connectivity index (χ3v) is 2.76. The monoisotopic (exact) mass is 322 g/mol. The second-order valence-electron chi connectivity index (χ2n) is 4.46. The van der Waals surface area contributed by atoms with Crippen LogP contribution in [0.25, 0.3) is 0 Å². The highest BCUT2D eigenvalue weighted by molar-refractivity contribution is 6.02. The van der Waals surface area contributed by atoms with E-state index in [0.29, 0.717) is 6.54 Å². The second-order valence-corrected chi connectivity index (χ2v) is 4.46. The van der Waals surface area contributed by atoms with E-state index in [1.807, 2.05) is 0 Å². The zero-order valence-electron chi connectivity index (χ0n) is 11.9. The molecule has 5 nitrogen and oxygen atoms in total. The molecule has 0 unspecified atom stereocenters. The van der Waals surface area contributed by atoms with Crippen LogP contribution in [0.15, 0.2) is 49.2 Å². The van der Waals surface area contributed by atoms with Crippen molar-refractivity contribution in [3.05, 3.63) is 60.4 Å². The van der Waals surface area contributed by atoms with Crippen molar-refractivity contribution in [1.29, 1.82) is 0 Å². The molecule has 8 heteroatoms. The molecular weight excluding hydrogens is 309 g/mol. The van der Waals surface area contributed by atoms with E-state index in [-0.39, 0.29) is 17.3 Å². The number of anilines is 2. The Hall–Kier alpha value is -2.90. The lowest BCUT2D eigenvalue weighted by atomic mass is 10.2. The van der Waals surface area contributed by atoms with Crippen LogP contribution in [0.4, 0.5) is 24.8 Å². The van der Waals surface area contributed by atoms with E-state index >= 15 is 0 Å². The molecule has 0 radical (unpaired) electrons. The topological polar surface area (TPSA) is 66.9 Å². The minimum atomic E-state index is -4.42. The first kappa shape index (κ1) is 16.5. The normalized spacial score (nSPS) is 10.9. The molecule has 2 rings (SSSR count). The van der Waals surface area contributed by atoms with E-state index in [2.05, 4.69) is 27.2 Å². The number of hydrogen-bond donors (Lipinski definition) is 2. The molecule has 0 spiro atoms. The van der Waals surface area contributed by atoms with Gasteiger partial charge in [0.25, 0.3) is 5.91 Å². The Morgan fingerprint density at radius 3 is 2.52 bits per heavy atom. The molecule has 0 bridgehead atoms. The maximum absolute atomic E-state index is 12.5. The van der Waals surface area contributed by atoms with Crippen molar-refractivity contribution in [2.24, 2.45) is 0 Å². The summed E-state index contributed by atoms with van der Waals surface area (Å²) in [5, 5.41) is 5.31. The van der Waals surface area contributed by atoms with E-state index in [0.717, 1.165) is 12.1 Å². The van der Waals surface area contributed by atoms with Crippen molar-refractivity contribution in [1.82, 2.24) is 9.97 Å². The molecular formula is C15H13F3N4O. The van der Waals surface area contributed by atoms with Gasteiger partial charge < -0.3 is 10.6 Å². The lowest BCUT2D eigenvalue weighted by Gasteiger charge is -2.09. The largest absolute Gasteiger partial charge is 0.416 e. The summed E-state index contributed by atoms with van der Waals surface area (Å²) in [5.74, 6) is -0.293. The summed E-state index contributed by atoms with van der Waals surface area (Å²) < 4.78 is 37.4. The Labute approximate surface area is 130 Å². The van der Waals surface area contributed by atoms with Gasteiger partial charge in [0.05, 0.1) is 5.56 Å². The molecule has 120 valence electrons. The highest BCUT2D eigenvalue weighted by atomic mass is 19.4. The smallest absolute Gasteiger partial charge is 0.351 e. The first-order valence-corrected chi connectivity index (χ1v) is 6.56. The minimum Gasteiger partial charge on any atom is -0.351 e. The molecule has 0 aliphatic rings. The van der Waals surface area contributed by atoms with E-state index in [4.69, 9.17) is 0 Å². The number of benzene rings is 1. The summed E-state index contributed by atoms with van der Waals surface area (Å²) in [5.41, 5.74) is -0.456. The summed E-state index contributed by atoms with van der Waals surface area (Å²) in [7, 11) is 0. The number of nitrogens with one attached hydrogen (secondary N) is 2. The molecule has 2 aromatic rings. The predicted octanol–water partition coefficient (Wildman–Crippen LogP) is 3.35. The Morgan fingerprint density at radius 1 is 1.22 bits per heavy atom. The van der Waals surface area contributed by atoms with Gasteiger partial charge in [-0.1, -0.05) is 6.08 Å². The second kappa shape index (κ2) is 6.91. The average Bonchev–Trinajstić information content (AvgIpc) is 2.53. The Balaban J connectivity index is 2.08. The highest BCUT2D eigenvalue weighted by Crippen LogP contribution is 2.29. The first-order chi connectivity index (χ1) is 10.9. The fraction of sp³-hybridized carbons (Fsp3) is 0.133. The van der Waals surface area contributed by atoms with Crippen molar-refractivity contribution in [2.45, 2.75) is 6.18 Å². The number of hydrogen-bond acceptors (Lipinski definition) is 4. The van der Waals surface area contributed by atoms with Crippen LogP contribution < -0.4 is 10.6 Å². The highest BCUT2D eigenvalue weighted by Gasteiger charge is 2.30. The summed E-state index contributed by atoms with van der Waals surface area (Å²) >= 11 is 0. The van der Waals surface area contributed by atoms with Crippen LogP contribution in [-0.4, -0.2) is 22.4 Å². The maximum Gasteiger partial charge on any atom is 0.416 e. The van der Waals surface area contributed by atoms with Crippen molar-refractivity contribution in [3.8, 4) is 0 Å². The van der Waals surface area contributed by atoms with Crippen LogP contribution in [0.3, 0.4) is 0 Å². The van der Waals surface area contributed by atoms with Crippen LogP contribution >= 0.6 is 0 Å². The molecule has 0 fully saturated rings. The van der Waals surface area contributed by atoms with Gasteiger partial charge in [-0.2, -0.15) is 13.2 Å². The summed E-state index contributed by atoms with van der Waals surface area (Å²) in [4.78, 5) is 20.0. The van der Waals surface area contributed by atoms with Gasteiger partial charge >= 0.3 is 6.18 Å². The van der Waals surface area contributed by atoms with E-state index in [1.54, 1.807) is 6.08 Å². The van der Waals surface area contributed by atoms with Crippen molar-refractivity contribution < 1.29 is 18.0 Å². The van der Waals surface area contributed by atoms with Gasteiger partial charge in [0, 0.05) is 18.4 Å². The fourth-order valence-corrected chi connectivity index (χ4v) is 1.67. The first-order valence-electron chi connectivity index (χ1n) is 6.56. The average molecular weight is 322 g/mol. The molecule has 0 saturated carbocycles. The summed E-state index contributed by atoms with van der Waals surface area (Å²) in [6.07, 6.45) is -1.40. The van der Waals surface area contributed by atoms with Gasteiger partial charge in [-0.25, -0.2) is 9.97 Å². The Kier molecular flexibility index (Phi) is 4.95. The number of carbonyl (C=O) groups excluding carboxylic acids is 1. The van der Waals surface area contributed by atoms with Gasteiger partial charge in [-0.15, -0.1) is 6.58 Å². The van der Waals surface area contributed by atoms with E-state index < -0.39 is 17.6 Å². The quantitative estimate of drug-likeness (QED) is 0.829. The standard InChI is InChI=1S/C15H13F3N4O/c1-2-8-19-14-20-9-7-12(22-14)13(23)21-11-5-3-10(4-6-11)15(16,17)18/h2-7,9H,1,8H2,(H,21,23)(H,19,20,22). The van der Waals surface area contributed by atoms with E-state index in [9.17, 15) is 18.0 Å². The molecule has 1 aromatic carbocycles. The van der Waals surface area contributed by atoms with Crippen LogP contribution in [0, 0.1) is 0 Å². The SMILES string of the molecule is C=CCNc1nccc(C(=O)Nc2ccc(C(F)(F)F)cc2)n1. The molecule has 0 aliphatic carbocycles. The van der Waals surface area contributed by atoms with Crippen molar-refractivity contribution in [2.75, 3.05) is 17.2 Å². The number of alkyl halides is 3. The third-order valence-electron chi connectivity index (χ3n) is 2.76. The van der Waals surface area contributed by atoms with Gasteiger partial charge in [0.15, 0.2) is 0 Å². The Morgan fingerprint density at radius 2 is 1.91 bits per heavy atom. The maximum atomic E-state index is 12.5. The lowest BCUT2D eigenvalue weighted by molar-refractivity contribution is -0.137. The molecule has 0 atom stereocenters. The summed E-state index contributed by atoms with van der Waals surface area (Å²) in [6.45, 7) is 3.97. The molecule has 0 saturated heterocycles. The number of halogens is 3. The van der Waals surface area contributed by atoms with E-state index in [1.165, 1.54) is 24.4 Å². The molecule has 1 heterocycles. The zero-order valence-corrected chi connectivity index (χ0v) is 11.9. The zero-order chi connectivity index (χ0) is 16.9. The Bertz CT molecular complexity index is 699. The van der Waals surface area contributed by atoms with Crippen LogP contribution in [0.1, 0.15) is 16.1 Å². The molecule has 1 aromatic heterocycles. The number of rotatable bonds is 5. The van der Waals surface area contributed by atoms with Crippen molar-refractivity contribution >= 4 is 17.5 Å². The van der Waals surface area contributed by atoms with Gasteiger partial charge in [0.1, 0.15) is 5.69 Å². The molecule has 2 N–H and O–H groups in total. The third kappa shape index (κ3) is 4.53. The van der Waals surface area contributed by atoms with Crippen molar-refractivity contribution in [3.63, 3.8) is 0 Å². The lowest BCUT2D eigenvalue weighted by Crippen LogP contribution is -2.15. The van der Waals surface area contributed by atoms with Crippen LogP contribution in [0.5, 0.6) is 0 Å². The number of aromatic nitrogens is 2. The van der Waals surface area contributed by atoms with Crippen LogP contribution in [0.2, 0.25) is 0 Å². The minimum absolute atomic E-state index is 0.0893. The predicted molar refractivity (Wildman–Crippen MR) is 80.1 cm³/mol. The van der Waals surface area contributed by atoms with Crippen LogP contribution in [-0.2, 0) is 6.18 Å². The molecule has 1 amide bonds. The molecule has 23 heavy (non-hydrogen) atoms. The number of carbonyl (C=O) groups is 1. The number of nitrogens with zero attached hydrogens (tertiary/aromatic N) is 2. The van der Waals surface area contributed by atoms with Gasteiger partial charge in [0.2, 0.25) is 5.95 Å².